The Hall–Kier alpha value is -8.55. The smallest absolute Gasteiger partial charge is 0.227 e. The molecule has 4 heterocycles. The zero-order chi connectivity index (χ0) is 88.8. The Morgan fingerprint density at radius 2 is 0.697 bits per heavy atom. The molecule has 3 saturated heterocycles. The average molecular weight is 1730 g/mol. The SMILES string of the molecule is CC(=O)NC1C(OCCCCC(=O)NCCCNC(=O)CCOCC(COCCC(=O)NCCCNC(=O)CCCCOC2OC(CO)C(O)C(O)C2NC(C)=O)(COCCC(=O)NCCCNC(=O)CCCCOC2OC(CO)C(O)C(O)C2NC(C)=O)NC(=O)CCCCC(=O)N2Cc3ccccc3C#Cc3ccccc32)OC(CO)C(O)C1O. The molecule has 11 amide bonds. The summed E-state index contributed by atoms with van der Waals surface area (Å²) in [4.78, 5) is 143. The molecule has 40 heteroatoms. The van der Waals surface area contributed by atoms with E-state index in [1.54, 1.807) is 4.90 Å². The molecule has 40 nitrogen and oxygen atoms in total. The number of benzene rings is 2. The normalized spacial score (nSPS) is 23.4. The number of anilines is 1. The van der Waals surface area contributed by atoms with Gasteiger partial charge in [-0.1, -0.05) is 42.2 Å². The van der Waals surface area contributed by atoms with Crippen LogP contribution in [0.4, 0.5) is 5.69 Å². The first-order valence-electron chi connectivity index (χ1n) is 41.8. The standard InChI is InChI=1S/C82H127N11O29/c1-52(97)89-70-76(111)73(108)59(46-94)120-79(70)117-39-13-10-23-62(100)83-33-16-36-86-65(103)30-42-114-49-82(92-68(106)26-8-9-27-69(107)93-45-57-21-5-4-19-55(57)28-29-56-20-6-7-22-58(56)93,50-115-43-31-66(104)87-37-17-34-84-63(101)24-11-14-40-118-80-71(90-53(2)98)77(112)74(109)60(47-95)121-80)51-116-44-32-67(105)88-38-18-35-85-64(102)25-12-15-41-119-81-72(91-54(3)99)78(113)75(110)61(48-96)122-81/h4-7,19-22,59-61,70-81,94-96,108-113H,8-18,23-27,30-51H2,1-3H3,(H,83,100)(H,84,101)(H,85,102)(H,86,103)(H,87,104)(H,88,105)(H,89,97)(H,90,98)(H,91,99)(H,92,106). The van der Waals surface area contributed by atoms with Gasteiger partial charge in [0.25, 0.3) is 0 Å². The van der Waals surface area contributed by atoms with Crippen molar-refractivity contribution in [2.24, 2.45) is 0 Å². The number of unbranched alkanes of at least 4 members (excludes halogenated alkanes) is 4. The van der Waals surface area contributed by atoms with Crippen LogP contribution in [0.5, 0.6) is 0 Å². The van der Waals surface area contributed by atoms with E-state index in [4.69, 9.17) is 42.6 Å². The van der Waals surface area contributed by atoms with Crippen LogP contribution >= 0.6 is 0 Å². The molecule has 0 saturated carbocycles. The highest BCUT2D eigenvalue weighted by Crippen LogP contribution is 2.29. The number of aliphatic hydroxyl groups excluding tert-OH is 9. The molecule has 122 heavy (non-hydrogen) atoms. The van der Waals surface area contributed by atoms with Crippen molar-refractivity contribution in [3.05, 3.63) is 65.2 Å². The van der Waals surface area contributed by atoms with E-state index < -0.39 is 159 Å². The largest absolute Gasteiger partial charge is 0.394 e. The molecule has 2 aromatic rings. The lowest BCUT2D eigenvalue weighted by molar-refractivity contribution is -0.270. The van der Waals surface area contributed by atoms with Gasteiger partial charge in [0.1, 0.15) is 78.6 Å². The third-order valence-electron chi connectivity index (χ3n) is 20.2. The van der Waals surface area contributed by atoms with Crippen LogP contribution in [0.1, 0.15) is 159 Å². The topological polar surface area (TPSA) is 576 Å². The molecular formula is C82H127N11O29. The molecule has 0 aromatic heterocycles. The van der Waals surface area contributed by atoms with E-state index in [9.17, 15) is 98.7 Å². The van der Waals surface area contributed by atoms with Crippen molar-refractivity contribution in [3.63, 3.8) is 0 Å². The molecule has 0 spiro atoms. The van der Waals surface area contributed by atoms with Gasteiger partial charge in [-0.25, -0.2) is 0 Å². The van der Waals surface area contributed by atoms with Crippen LogP contribution in [0.3, 0.4) is 0 Å². The Morgan fingerprint density at radius 1 is 0.385 bits per heavy atom. The van der Waals surface area contributed by atoms with Crippen LogP contribution in [-0.4, -0.2) is 327 Å². The van der Waals surface area contributed by atoms with Crippen molar-refractivity contribution in [1.29, 1.82) is 0 Å². The quantitative estimate of drug-likeness (QED) is 0.0221. The van der Waals surface area contributed by atoms with Gasteiger partial charge in [-0.2, -0.15) is 0 Å². The fraction of sp³-hybridized carbons (Fsp3) is 0.695. The summed E-state index contributed by atoms with van der Waals surface area (Å²) in [5.41, 5.74) is 1.50. The minimum absolute atomic E-state index is 0.0671. The Balaban J connectivity index is 1.01. The lowest BCUT2D eigenvalue weighted by Gasteiger charge is -2.42. The fourth-order valence-electron chi connectivity index (χ4n) is 13.6. The second kappa shape index (κ2) is 56.3. The van der Waals surface area contributed by atoms with E-state index >= 15 is 0 Å². The van der Waals surface area contributed by atoms with Crippen LogP contribution in [0.2, 0.25) is 0 Å². The van der Waals surface area contributed by atoms with Gasteiger partial charge in [-0.05, 0) is 94.4 Å². The number of rotatable bonds is 57. The van der Waals surface area contributed by atoms with Crippen molar-refractivity contribution in [2.75, 3.05) is 123 Å². The number of nitrogens with zero attached hydrogens (tertiary/aromatic N) is 1. The first-order valence-corrected chi connectivity index (χ1v) is 41.8. The van der Waals surface area contributed by atoms with E-state index in [0.29, 0.717) is 75.5 Å². The molecular weight excluding hydrogens is 1600 g/mol. The number of aliphatic hydroxyl groups is 9. The molecule has 684 valence electrons. The van der Waals surface area contributed by atoms with Crippen molar-refractivity contribution in [1.82, 2.24) is 53.2 Å². The lowest BCUT2D eigenvalue weighted by atomic mass is 9.97. The van der Waals surface area contributed by atoms with Gasteiger partial charge in [0, 0.05) is 142 Å². The summed E-state index contributed by atoms with van der Waals surface area (Å²) >= 11 is 0. The molecule has 2 aromatic carbocycles. The molecule has 0 aliphatic carbocycles. The number of carbonyl (C=O) groups is 11. The highest BCUT2D eigenvalue weighted by Gasteiger charge is 2.48. The van der Waals surface area contributed by atoms with Crippen molar-refractivity contribution < 1.29 is 141 Å². The van der Waals surface area contributed by atoms with Crippen molar-refractivity contribution >= 4 is 70.7 Å². The summed E-state index contributed by atoms with van der Waals surface area (Å²) in [6.07, 6.45) is -11.8. The molecule has 6 rings (SSSR count). The number of para-hydroxylation sites is 1. The van der Waals surface area contributed by atoms with Crippen molar-refractivity contribution in [2.45, 2.75) is 247 Å². The molecule has 15 atom stereocenters. The van der Waals surface area contributed by atoms with Gasteiger partial charge < -0.3 is 147 Å². The van der Waals surface area contributed by atoms with E-state index in [1.165, 1.54) is 20.8 Å². The third kappa shape index (κ3) is 36.7. The molecule has 4 aliphatic rings. The third-order valence-corrected chi connectivity index (χ3v) is 20.2. The van der Waals surface area contributed by atoms with Gasteiger partial charge in [-0.3, -0.25) is 52.7 Å². The Bertz CT molecular complexity index is 3410. The lowest BCUT2D eigenvalue weighted by Crippen LogP contribution is -2.64. The number of amides is 11. The molecule has 3 fully saturated rings. The maximum absolute atomic E-state index is 14.3. The summed E-state index contributed by atoms with van der Waals surface area (Å²) < 4.78 is 52.3. The minimum Gasteiger partial charge on any atom is -0.394 e. The predicted molar refractivity (Wildman–Crippen MR) is 433 cm³/mol. The fourth-order valence-corrected chi connectivity index (χ4v) is 13.6. The molecule has 15 unspecified atom stereocenters. The summed E-state index contributed by atoms with van der Waals surface area (Å²) in [5.74, 6) is 2.27. The predicted octanol–water partition coefficient (Wildman–Crippen LogP) is -4.17. The first kappa shape index (κ1) is 102. The Labute approximate surface area is 709 Å². The van der Waals surface area contributed by atoms with Crippen LogP contribution in [0.15, 0.2) is 48.5 Å². The monoisotopic (exact) mass is 1730 g/mol. The molecule has 4 aliphatic heterocycles. The number of carbonyl (C=O) groups excluding carboxylic acids is 11. The summed E-state index contributed by atoms with van der Waals surface area (Å²) in [6, 6.07) is 11.6. The van der Waals surface area contributed by atoms with E-state index in [1.807, 2.05) is 48.5 Å². The number of nitrogens with one attached hydrogen (secondary N) is 10. The number of hydrogen-bond donors (Lipinski definition) is 19. The first-order chi connectivity index (χ1) is 58.7. The zero-order valence-corrected chi connectivity index (χ0v) is 69.8. The van der Waals surface area contributed by atoms with Crippen LogP contribution in [-0.2, 0) is 102 Å². The summed E-state index contributed by atoms with van der Waals surface area (Å²) in [5, 5.41) is 119. The van der Waals surface area contributed by atoms with Gasteiger partial charge in [0.15, 0.2) is 18.9 Å². The second-order valence-electron chi connectivity index (χ2n) is 30.3. The van der Waals surface area contributed by atoms with Crippen molar-refractivity contribution in [3.8, 4) is 11.8 Å². The Kier molecular flexibility index (Phi) is 47.2. The van der Waals surface area contributed by atoms with E-state index in [2.05, 4.69) is 65.0 Å². The van der Waals surface area contributed by atoms with Gasteiger partial charge in [0.05, 0.1) is 71.7 Å². The molecule has 0 bridgehead atoms. The van der Waals surface area contributed by atoms with Crippen LogP contribution in [0.25, 0.3) is 0 Å². The summed E-state index contributed by atoms with van der Waals surface area (Å²) in [7, 11) is 0. The highest BCUT2D eigenvalue weighted by atomic mass is 16.7. The maximum atomic E-state index is 14.3. The molecule has 0 radical (unpaired) electrons. The Morgan fingerprint density at radius 3 is 1.06 bits per heavy atom. The number of hydrogen-bond acceptors (Lipinski definition) is 29. The van der Waals surface area contributed by atoms with Gasteiger partial charge in [0.2, 0.25) is 65.0 Å². The number of fused-ring (bicyclic) bond motifs is 2. The number of ether oxygens (including phenoxy) is 9. The summed E-state index contributed by atoms with van der Waals surface area (Å²) in [6.45, 7) is 2.15. The van der Waals surface area contributed by atoms with E-state index in [-0.39, 0.29) is 187 Å². The average Bonchev–Trinajstić information content (AvgIpc) is 0.818. The minimum atomic E-state index is -1.52. The maximum Gasteiger partial charge on any atom is 0.227 e. The van der Waals surface area contributed by atoms with Crippen LogP contribution in [0, 0.1) is 11.8 Å². The zero-order valence-electron chi connectivity index (χ0n) is 69.8. The second-order valence-corrected chi connectivity index (χ2v) is 30.3. The van der Waals surface area contributed by atoms with Crippen LogP contribution < -0.4 is 58.1 Å². The van der Waals surface area contributed by atoms with Gasteiger partial charge in [-0.15, -0.1) is 0 Å². The van der Waals surface area contributed by atoms with E-state index in [0.717, 1.165) is 11.1 Å². The van der Waals surface area contributed by atoms with Gasteiger partial charge >= 0.3 is 0 Å². The highest BCUT2D eigenvalue weighted by molar-refractivity contribution is 5.95. The molecule has 19 N–H and O–H groups in total.